The number of benzene rings is 3. The molecular weight excluding hydrogens is 901 g/mol. The molecule has 0 unspecified atom stereocenters. The molecule has 344 valence electrons. The second kappa shape index (κ2) is 18.8. The lowest BCUT2D eigenvalue weighted by atomic mass is 10.1. The Hall–Kier alpha value is -7.00. The van der Waals surface area contributed by atoms with Crippen molar-refractivity contribution in [3.8, 4) is 33.4 Å². The van der Waals surface area contributed by atoms with Crippen LogP contribution in [0, 0.1) is 23.3 Å². The maximum atomic E-state index is 13.4. The van der Waals surface area contributed by atoms with E-state index in [4.69, 9.17) is 0 Å². The normalized spacial score (nSPS) is 13.1. The number of likely N-dealkylation sites (tertiary alicyclic amines) is 1. The third-order valence-electron chi connectivity index (χ3n) is 11.0. The molecule has 3 N–H and O–H groups in total. The van der Waals surface area contributed by atoms with Gasteiger partial charge in [-0.3, -0.25) is 18.8 Å². The van der Waals surface area contributed by atoms with Gasteiger partial charge >= 0.3 is 0 Å². The fourth-order valence-corrected chi connectivity index (χ4v) is 8.62. The zero-order valence-electron chi connectivity index (χ0n) is 35.7. The molecule has 0 spiro atoms. The number of hydrogen-bond donors (Lipinski definition) is 3. The number of rotatable bonds is 12. The van der Waals surface area contributed by atoms with E-state index < -0.39 is 31.3 Å². The number of nitrogens with zero attached hydrogens (tertiary/aromatic N) is 7. The van der Waals surface area contributed by atoms with Crippen molar-refractivity contribution in [2.24, 2.45) is 0 Å². The van der Waals surface area contributed by atoms with Gasteiger partial charge in [-0.05, 0) is 48.9 Å². The Kier molecular flexibility index (Phi) is 13.0. The molecular formula is C45H44F4N10O5S2. The SMILES string of the molecule is CS(=O)(=O)CCn1cc(-c2c[nH]c3cc(F)c(F)cc23)cn1.CS(=O)(=O)CCn1cc(-c2c[nH]c3cc(F)ccc23)cn1.O=C1CCCN1CCn1cc(-c2c[nH]c3cc(F)ccc23)cn1. The summed E-state index contributed by atoms with van der Waals surface area (Å²) in [5.74, 6) is -2.11. The van der Waals surface area contributed by atoms with Crippen molar-refractivity contribution in [1.29, 1.82) is 0 Å². The maximum Gasteiger partial charge on any atom is 0.222 e. The standard InChI is InChI=1S/C17H17FN4O.C14H13F2N3O2S.C14H14FN3O2S/c18-13-3-4-14-15(10-19-16(14)8-13)12-9-20-22(11-12)7-6-21-5-1-2-17(21)23;1-22(20,21)3-2-19-8-9(6-18-19)11-7-17-14-5-13(16)12(15)4-10(11)14;1-21(19,20)5-4-18-9-10(7-17-18)13-8-16-14-6-11(15)2-3-12(13)14/h3-4,8-11,19H,1-2,5-7H2;4-8,17H,2-3H2,1H3;2-3,6-9,16H,4-5H2,1H3. The van der Waals surface area contributed by atoms with Gasteiger partial charge in [0.2, 0.25) is 5.91 Å². The Bertz CT molecular complexity index is 3420. The van der Waals surface area contributed by atoms with Gasteiger partial charge in [0.05, 0.1) is 49.7 Å². The highest BCUT2D eigenvalue weighted by atomic mass is 32.2. The van der Waals surface area contributed by atoms with E-state index in [1.807, 2.05) is 22.0 Å². The molecule has 6 aromatic heterocycles. The minimum atomic E-state index is -3.07. The summed E-state index contributed by atoms with van der Waals surface area (Å²) in [7, 11) is -6.09. The first-order chi connectivity index (χ1) is 31.5. The lowest BCUT2D eigenvalue weighted by Crippen LogP contribution is -2.28. The Morgan fingerprint density at radius 3 is 1.42 bits per heavy atom. The second-order valence-corrected chi connectivity index (χ2v) is 20.5. The number of nitrogens with one attached hydrogen (secondary N) is 3. The van der Waals surface area contributed by atoms with Crippen molar-refractivity contribution >= 4 is 58.3 Å². The number of H-pyrrole nitrogens is 3. The first-order valence-electron chi connectivity index (χ1n) is 20.7. The third-order valence-corrected chi connectivity index (χ3v) is 12.8. The monoisotopic (exact) mass is 944 g/mol. The van der Waals surface area contributed by atoms with Crippen LogP contribution in [0.2, 0.25) is 0 Å². The number of halogens is 4. The highest BCUT2D eigenvalue weighted by Gasteiger charge is 2.20. The minimum Gasteiger partial charge on any atom is -0.360 e. The molecule has 10 rings (SSSR count). The third kappa shape index (κ3) is 10.9. The Morgan fingerprint density at radius 1 is 0.561 bits per heavy atom. The molecule has 3 aromatic carbocycles. The van der Waals surface area contributed by atoms with Gasteiger partial charge in [-0.15, -0.1) is 0 Å². The Labute approximate surface area is 375 Å². The van der Waals surface area contributed by atoms with Crippen molar-refractivity contribution in [1.82, 2.24) is 49.2 Å². The van der Waals surface area contributed by atoms with E-state index in [2.05, 4.69) is 30.2 Å². The van der Waals surface area contributed by atoms with Gasteiger partial charge in [0.15, 0.2) is 11.6 Å². The molecule has 0 bridgehead atoms. The molecule has 0 radical (unpaired) electrons. The summed E-state index contributed by atoms with van der Waals surface area (Å²) in [4.78, 5) is 22.5. The van der Waals surface area contributed by atoms with E-state index in [1.165, 1.54) is 35.2 Å². The Morgan fingerprint density at radius 2 is 0.985 bits per heavy atom. The average Bonchev–Trinajstić information content (AvgIpc) is 4.12. The van der Waals surface area contributed by atoms with Crippen molar-refractivity contribution in [2.45, 2.75) is 32.5 Å². The van der Waals surface area contributed by atoms with Crippen LogP contribution in [0.25, 0.3) is 66.1 Å². The zero-order valence-corrected chi connectivity index (χ0v) is 37.3. The van der Waals surface area contributed by atoms with Crippen molar-refractivity contribution in [3.05, 3.63) is 128 Å². The van der Waals surface area contributed by atoms with E-state index in [9.17, 15) is 39.2 Å². The maximum absolute atomic E-state index is 13.4. The molecule has 0 aliphatic carbocycles. The number of aromatic nitrogens is 9. The molecule has 1 fully saturated rings. The topological polar surface area (TPSA) is 189 Å². The van der Waals surface area contributed by atoms with Crippen molar-refractivity contribution in [3.63, 3.8) is 0 Å². The smallest absolute Gasteiger partial charge is 0.222 e. The fraction of sp³-hybridized carbons (Fsp3) is 0.244. The molecule has 21 heteroatoms. The van der Waals surface area contributed by atoms with Crippen LogP contribution in [-0.2, 0) is 44.1 Å². The van der Waals surface area contributed by atoms with E-state index in [0.717, 1.165) is 69.9 Å². The van der Waals surface area contributed by atoms with Crippen LogP contribution in [0.4, 0.5) is 17.6 Å². The van der Waals surface area contributed by atoms with Gasteiger partial charge < -0.3 is 19.9 Å². The van der Waals surface area contributed by atoms with Crippen LogP contribution in [0.5, 0.6) is 0 Å². The van der Waals surface area contributed by atoms with E-state index in [-0.39, 0.29) is 35.6 Å². The van der Waals surface area contributed by atoms with Crippen LogP contribution in [0.3, 0.4) is 0 Å². The highest BCUT2D eigenvalue weighted by molar-refractivity contribution is 7.90. The molecule has 15 nitrogen and oxygen atoms in total. The molecule has 1 amide bonds. The van der Waals surface area contributed by atoms with Gasteiger partial charge in [0, 0.05) is 141 Å². The van der Waals surface area contributed by atoms with E-state index in [0.29, 0.717) is 53.6 Å². The summed E-state index contributed by atoms with van der Waals surface area (Å²) in [6.45, 7) is 2.78. The summed E-state index contributed by atoms with van der Waals surface area (Å²) in [5, 5.41) is 15.0. The molecule has 9 aromatic rings. The van der Waals surface area contributed by atoms with Crippen LogP contribution < -0.4 is 0 Å². The second-order valence-electron chi connectivity index (χ2n) is 16.0. The number of hydrogen-bond acceptors (Lipinski definition) is 8. The zero-order chi connectivity index (χ0) is 46.8. The van der Waals surface area contributed by atoms with Gasteiger partial charge in [-0.25, -0.2) is 34.4 Å². The largest absolute Gasteiger partial charge is 0.360 e. The quantitative estimate of drug-likeness (QED) is 0.106. The van der Waals surface area contributed by atoms with Crippen molar-refractivity contribution in [2.75, 3.05) is 37.1 Å². The van der Waals surface area contributed by atoms with Gasteiger partial charge in [0.1, 0.15) is 31.3 Å². The first-order valence-corrected chi connectivity index (χ1v) is 24.8. The predicted octanol–water partition coefficient (Wildman–Crippen LogP) is 7.36. The average molecular weight is 945 g/mol. The first kappa shape index (κ1) is 45.6. The van der Waals surface area contributed by atoms with Crippen LogP contribution in [0.1, 0.15) is 12.8 Å². The Balaban J connectivity index is 0.000000135. The predicted molar refractivity (Wildman–Crippen MR) is 244 cm³/mol. The summed E-state index contributed by atoms with van der Waals surface area (Å²) in [5.41, 5.74) is 7.11. The molecule has 0 saturated carbocycles. The molecule has 1 aliphatic heterocycles. The van der Waals surface area contributed by atoms with E-state index in [1.54, 1.807) is 60.2 Å². The molecule has 0 atom stereocenters. The summed E-state index contributed by atoms with van der Waals surface area (Å²) in [6.07, 6.45) is 19.8. The molecule has 1 aliphatic rings. The lowest BCUT2D eigenvalue weighted by molar-refractivity contribution is -0.127. The number of aryl methyl sites for hydroxylation is 2. The minimum absolute atomic E-state index is 0.0121. The lowest BCUT2D eigenvalue weighted by Gasteiger charge is -2.14. The van der Waals surface area contributed by atoms with Gasteiger partial charge in [0.25, 0.3) is 0 Å². The van der Waals surface area contributed by atoms with Gasteiger partial charge in [-0.1, -0.05) is 0 Å². The van der Waals surface area contributed by atoms with Gasteiger partial charge in [-0.2, -0.15) is 15.3 Å². The molecule has 66 heavy (non-hydrogen) atoms. The highest BCUT2D eigenvalue weighted by Crippen LogP contribution is 2.31. The number of fused-ring (bicyclic) bond motifs is 3. The number of carbonyl (C=O) groups excluding carboxylic acids is 1. The van der Waals surface area contributed by atoms with Crippen LogP contribution in [0.15, 0.2) is 104 Å². The van der Waals surface area contributed by atoms with E-state index >= 15 is 0 Å². The molecule has 7 heterocycles. The number of carbonyl (C=O) groups is 1. The van der Waals surface area contributed by atoms with Crippen molar-refractivity contribution < 1.29 is 39.2 Å². The summed E-state index contributed by atoms with van der Waals surface area (Å²) < 4.78 is 103. The number of amides is 1. The number of sulfone groups is 2. The number of aromatic amines is 3. The summed E-state index contributed by atoms with van der Waals surface area (Å²) >= 11 is 0. The summed E-state index contributed by atoms with van der Waals surface area (Å²) in [6, 6.07) is 11.5. The fourth-order valence-electron chi connectivity index (χ4n) is 7.59. The van der Waals surface area contributed by atoms with Crippen LogP contribution >= 0.6 is 0 Å². The van der Waals surface area contributed by atoms with Crippen LogP contribution in [-0.4, -0.2) is 109 Å². The molecule has 1 saturated heterocycles.